The van der Waals surface area contributed by atoms with Crippen LogP contribution in [-0.2, 0) is 12.7 Å². The number of nitrogens with two attached hydrogens (primary N) is 1. The number of aromatic nitrogens is 1. The van der Waals surface area contributed by atoms with Crippen LogP contribution >= 0.6 is 0 Å². The fourth-order valence-corrected chi connectivity index (χ4v) is 1.41. The number of hydrogen-bond donors (Lipinski definition) is 1. The first-order valence-corrected chi connectivity index (χ1v) is 4.32. The van der Waals surface area contributed by atoms with Crippen LogP contribution in [0.25, 0.3) is 0 Å². The van der Waals surface area contributed by atoms with Gasteiger partial charge in [-0.3, -0.25) is 4.98 Å². The van der Waals surface area contributed by atoms with E-state index in [2.05, 4.69) is 4.98 Å². The molecule has 0 aromatic carbocycles. The molecule has 7 heteroatoms. The lowest BCUT2D eigenvalue weighted by Gasteiger charge is -2.15. The molecule has 2 N–H and O–H groups in total. The van der Waals surface area contributed by atoms with Crippen molar-refractivity contribution in [3.63, 3.8) is 0 Å². The van der Waals surface area contributed by atoms with Crippen LogP contribution < -0.4 is 5.73 Å². The Morgan fingerprint density at radius 2 is 1.94 bits per heavy atom. The van der Waals surface area contributed by atoms with E-state index in [1.54, 1.807) is 0 Å². The Labute approximate surface area is 88.3 Å². The monoisotopic (exact) mass is 240 g/mol. The SMILES string of the molecule is Cc1c(C(F)(F)F)ncc(C(F)F)c1CN. The Morgan fingerprint density at radius 3 is 2.31 bits per heavy atom. The predicted octanol–water partition coefficient (Wildman–Crippen LogP) is 2.81. The molecule has 0 saturated heterocycles. The van der Waals surface area contributed by atoms with Crippen molar-refractivity contribution in [3.05, 3.63) is 28.6 Å². The summed E-state index contributed by atoms with van der Waals surface area (Å²) in [4.78, 5) is 3.02. The number of rotatable bonds is 2. The molecule has 16 heavy (non-hydrogen) atoms. The Balaban J connectivity index is 3.41. The molecule has 90 valence electrons. The van der Waals surface area contributed by atoms with Gasteiger partial charge in [-0.25, -0.2) is 8.78 Å². The second-order valence-corrected chi connectivity index (χ2v) is 3.17. The quantitative estimate of drug-likeness (QED) is 0.807. The van der Waals surface area contributed by atoms with E-state index in [0.717, 1.165) is 6.92 Å². The summed E-state index contributed by atoms with van der Waals surface area (Å²) >= 11 is 0. The van der Waals surface area contributed by atoms with Gasteiger partial charge in [-0.15, -0.1) is 0 Å². The summed E-state index contributed by atoms with van der Waals surface area (Å²) in [7, 11) is 0. The average molecular weight is 240 g/mol. The summed E-state index contributed by atoms with van der Waals surface area (Å²) in [6, 6.07) is 0. The summed E-state index contributed by atoms with van der Waals surface area (Å²) in [6.07, 6.45) is -7.01. The fourth-order valence-electron chi connectivity index (χ4n) is 1.41. The number of nitrogens with zero attached hydrogens (tertiary/aromatic N) is 1. The molecule has 0 atom stereocenters. The van der Waals surface area contributed by atoms with Gasteiger partial charge in [0.2, 0.25) is 0 Å². The normalized spacial score (nSPS) is 12.2. The molecule has 0 saturated carbocycles. The lowest BCUT2D eigenvalue weighted by Crippen LogP contribution is -2.15. The standard InChI is InChI=1S/C9H9F5N2/c1-4-5(2-15)6(8(10)11)3-16-7(4)9(12,13)14/h3,8H,2,15H2,1H3. The molecular weight excluding hydrogens is 231 g/mol. The third-order valence-electron chi connectivity index (χ3n) is 2.20. The first-order chi connectivity index (χ1) is 7.29. The Hall–Kier alpha value is -1.24. The van der Waals surface area contributed by atoms with Crippen molar-refractivity contribution in [2.24, 2.45) is 5.73 Å². The van der Waals surface area contributed by atoms with Gasteiger partial charge in [0.25, 0.3) is 6.43 Å². The molecule has 0 aliphatic heterocycles. The minimum absolute atomic E-state index is 0.197. The zero-order chi connectivity index (χ0) is 12.5. The lowest BCUT2D eigenvalue weighted by molar-refractivity contribution is -0.141. The molecule has 1 rings (SSSR count). The zero-order valence-corrected chi connectivity index (χ0v) is 8.28. The van der Waals surface area contributed by atoms with E-state index >= 15 is 0 Å². The highest BCUT2D eigenvalue weighted by molar-refractivity contribution is 5.37. The van der Waals surface area contributed by atoms with Crippen molar-refractivity contribution >= 4 is 0 Å². The van der Waals surface area contributed by atoms with Crippen molar-refractivity contribution in [3.8, 4) is 0 Å². The molecule has 0 amide bonds. The van der Waals surface area contributed by atoms with Gasteiger partial charge in [-0.1, -0.05) is 0 Å². The average Bonchev–Trinajstić information content (AvgIpc) is 2.14. The molecule has 0 bridgehead atoms. The predicted molar refractivity (Wildman–Crippen MR) is 46.8 cm³/mol. The van der Waals surface area contributed by atoms with Crippen LogP contribution in [0.5, 0.6) is 0 Å². The molecule has 0 aliphatic rings. The van der Waals surface area contributed by atoms with E-state index in [9.17, 15) is 22.0 Å². The van der Waals surface area contributed by atoms with Gasteiger partial charge in [-0.05, 0) is 18.1 Å². The van der Waals surface area contributed by atoms with Crippen LogP contribution in [0.15, 0.2) is 6.20 Å². The zero-order valence-electron chi connectivity index (χ0n) is 8.28. The molecule has 1 heterocycles. The van der Waals surface area contributed by atoms with E-state index < -0.39 is 23.9 Å². The number of alkyl halides is 5. The van der Waals surface area contributed by atoms with Crippen LogP contribution in [0, 0.1) is 6.92 Å². The number of hydrogen-bond acceptors (Lipinski definition) is 2. The maximum Gasteiger partial charge on any atom is 0.433 e. The van der Waals surface area contributed by atoms with Crippen molar-refractivity contribution < 1.29 is 22.0 Å². The van der Waals surface area contributed by atoms with Gasteiger partial charge in [0.1, 0.15) is 5.69 Å². The molecule has 0 fully saturated rings. The lowest BCUT2D eigenvalue weighted by atomic mass is 10.0. The first-order valence-electron chi connectivity index (χ1n) is 4.32. The van der Waals surface area contributed by atoms with Gasteiger partial charge in [0, 0.05) is 18.3 Å². The third kappa shape index (κ3) is 2.29. The molecular formula is C9H9F5N2. The van der Waals surface area contributed by atoms with Crippen LogP contribution in [0.3, 0.4) is 0 Å². The van der Waals surface area contributed by atoms with E-state index in [4.69, 9.17) is 5.73 Å². The van der Waals surface area contributed by atoms with Gasteiger partial charge in [0.15, 0.2) is 0 Å². The van der Waals surface area contributed by atoms with Crippen molar-refractivity contribution in [1.82, 2.24) is 4.98 Å². The van der Waals surface area contributed by atoms with E-state index in [-0.39, 0.29) is 17.7 Å². The summed E-state index contributed by atoms with van der Waals surface area (Å²) in [5.41, 5.74) is 2.92. The molecule has 0 spiro atoms. The van der Waals surface area contributed by atoms with Crippen molar-refractivity contribution in [1.29, 1.82) is 0 Å². The fraction of sp³-hybridized carbons (Fsp3) is 0.444. The van der Waals surface area contributed by atoms with Crippen LogP contribution in [-0.4, -0.2) is 4.98 Å². The summed E-state index contributed by atoms with van der Waals surface area (Å²) < 4.78 is 62.1. The maximum absolute atomic E-state index is 12.4. The molecule has 1 aromatic heterocycles. The second kappa shape index (κ2) is 4.32. The number of pyridine rings is 1. The van der Waals surface area contributed by atoms with Crippen molar-refractivity contribution in [2.45, 2.75) is 26.1 Å². The first kappa shape index (κ1) is 12.8. The molecule has 0 aliphatic carbocycles. The summed E-state index contributed by atoms with van der Waals surface area (Å²) in [5, 5.41) is 0. The highest BCUT2D eigenvalue weighted by atomic mass is 19.4. The molecule has 0 radical (unpaired) electrons. The number of halogens is 5. The van der Waals surface area contributed by atoms with Gasteiger partial charge < -0.3 is 5.73 Å². The second-order valence-electron chi connectivity index (χ2n) is 3.17. The highest BCUT2D eigenvalue weighted by Gasteiger charge is 2.36. The van der Waals surface area contributed by atoms with Crippen LogP contribution in [0.1, 0.15) is 28.8 Å². The Kier molecular flexibility index (Phi) is 3.47. The largest absolute Gasteiger partial charge is 0.433 e. The molecule has 1 aromatic rings. The van der Waals surface area contributed by atoms with E-state index in [0.29, 0.717) is 6.20 Å². The van der Waals surface area contributed by atoms with Crippen LogP contribution in [0.4, 0.5) is 22.0 Å². The van der Waals surface area contributed by atoms with Gasteiger partial charge in [-0.2, -0.15) is 13.2 Å². The van der Waals surface area contributed by atoms with Gasteiger partial charge >= 0.3 is 6.18 Å². The minimum atomic E-state index is -4.66. The Bertz CT molecular complexity index is 386. The van der Waals surface area contributed by atoms with E-state index in [1.165, 1.54) is 0 Å². The third-order valence-corrected chi connectivity index (χ3v) is 2.20. The van der Waals surface area contributed by atoms with E-state index in [1.807, 2.05) is 0 Å². The molecule has 2 nitrogen and oxygen atoms in total. The maximum atomic E-state index is 12.4. The van der Waals surface area contributed by atoms with Crippen LogP contribution in [0.2, 0.25) is 0 Å². The minimum Gasteiger partial charge on any atom is -0.326 e. The molecule has 0 unspecified atom stereocenters. The topological polar surface area (TPSA) is 38.9 Å². The smallest absolute Gasteiger partial charge is 0.326 e. The van der Waals surface area contributed by atoms with Crippen molar-refractivity contribution in [2.75, 3.05) is 0 Å². The summed E-state index contributed by atoms with van der Waals surface area (Å²) in [5.74, 6) is 0. The highest BCUT2D eigenvalue weighted by Crippen LogP contribution is 2.34. The summed E-state index contributed by atoms with van der Waals surface area (Å²) in [6.45, 7) is 0.709. The Morgan fingerprint density at radius 1 is 1.38 bits per heavy atom. The van der Waals surface area contributed by atoms with Gasteiger partial charge in [0.05, 0.1) is 0 Å².